The fraction of sp³-hybridized carbons (Fsp3) is 0.143. The van der Waals surface area contributed by atoms with Crippen LogP contribution in [0.3, 0.4) is 0 Å². The van der Waals surface area contributed by atoms with E-state index < -0.39 is 0 Å². The van der Waals surface area contributed by atoms with Crippen molar-refractivity contribution in [2.75, 3.05) is 25.0 Å². The molecule has 0 bridgehead atoms. The summed E-state index contributed by atoms with van der Waals surface area (Å²) >= 11 is 0. The molecule has 1 aromatic heterocycles. The average molecular weight is 288 g/mol. The minimum atomic E-state index is -0.330. The maximum Gasteiger partial charge on any atom is 0.259 e. The van der Waals surface area contributed by atoms with E-state index in [2.05, 4.69) is 15.7 Å². The predicted molar refractivity (Wildman–Crippen MR) is 79.5 cm³/mol. The Morgan fingerprint density at radius 2 is 1.95 bits per heavy atom. The molecule has 0 atom stereocenters. The number of amides is 1. The molecule has 110 valence electrons. The maximum absolute atomic E-state index is 12.2. The van der Waals surface area contributed by atoms with Gasteiger partial charge in [0.25, 0.3) is 5.91 Å². The number of nitrogens with zero attached hydrogens (tertiary/aromatic N) is 1. The number of hydrogen-bond acceptors (Lipinski definition) is 6. The number of methoxy groups -OCH3 is 2. The van der Waals surface area contributed by atoms with Gasteiger partial charge in [-0.3, -0.25) is 4.79 Å². The quantitative estimate of drug-likeness (QED) is 0.571. The molecule has 0 aliphatic rings. The van der Waals surface area contributed by atoms with Gasteiger partial charge in [0, 0.05) is 18.0 Å². The third kappa shape index (κ3) is 3.21. The van der Waals surface area contributed by atoms with Crippen molar-refractivity contribution in [1.82, 2.24) is 4.98 Å². The van der Waals surface area contributed by atoms with Gasteiger partial charge in [-0.2, -0.15) is 0 Å². The van der Waals surface area contributed by atoms with E-state index in [1.54, 1.807) is 43.6 Å². The summed E-state index contributed by atoms with van der Waals surface area (Å²) in [5.41, 5.74) is 3.30. The number of carbonyl (C=O) groups is 1. The van der Waals surface area contributed by atoms with Gasteiger partial charge in [0.05, 0.1) is 19.8 Å². The molecule has 0 unspecified atom stereocenters. The normalized spacial score (nSPS) is 9.86. The van der Waals surface area contributed by atoms with Gasteiger partial charge >= 0.3 is 0 Å². The second-order valence-electron chi connectivity index (χ2n) is 4.07. The van der Waals surface area contributed by atoms with Crippen LogP contribution in [0.5, 0.6) is 11.5 Å². The molecule has 4 N–H and O–H groups in total. The van der Waals surface area contributed by atoms with E-state index in [0.717, 1.165) is 0 Å². The Labute approximate surface area is 122 Å². The van der Waals surface area contributed by atoms with Crippen molar-refractivity contribution in [2.45, 2.75) is 0 Å². The summed E-state index contributed by atoms with van der Waals surface area (Å²) in [7, 11) is 3.08. The van der Waals surface area contributed by atoms with Crippen LogP contribution in [-0.2, 0) is 0 Å². The highest BCUT2D eigenvalue weighted by Gasteiger charge is 2.13. The molecule has 0 fully saturated rings. The lowest BCUT2D eigenvalue weighted by Crippen LogP contribution is -2.18. The summed E-state index contributed by atoms with van der Waals surface area (Å²) in [6.07, 6.45) is 1.54. The number of benzene rings is 1. The van der Waals surface area contributed by atoms with E-state index in [1.165, 1.54) is 7.11 Å². The number of pyridine rings is 1. The molecule has 1 amide bonds. The van der Waals surface area contributed by atoms with Gasteiger partial charge in [0.15, 0.2) is 17.3 Å². The van der Waals surface area contributed by atoms with Crippen LogP contribution >= 0.6 is 0 Å². The Balaban J connectivity index is 2.23. The molecule has 0 saturated carbocycles. The van der Waals surface area contributed by atoms with Gasteiger partial charge in [-0.1, -0.05) is 0 Å². The van der Waals surface area contributed by atoms with Crippen LogP contribution in [0, 0.1) is 0 Å². The first-order valence-corrected chi connectivity index (χ1v) is 6.14. The number of nitrogens with two attached hydrogens (primary N) is 1. The Morgan fingerprint density at radius 3 is 2.62 bits per heavy atom. The van der Waals surface area contributed by atoms with Gasteiger partial charge in [-0.05, 0) is 24.3 Å². The summed E-state index contributed by atoms with van der Waals surface area (Å²) in [6, 6.07) is 8.37. The molecule has 7 nitrogen and oxygen atoms in total. The number of nitrogens with one attached hydrogen (secondary N) is 2. The standard InChI is InChI=1S/C14H16N4O3/c1-20-11-6-5-9(8-12(11)21-2)17-14(19)10-4-3-7-16-13(10)18-15/h3-8H,15H2,1-2H3,(H,16,18)(H,17,19). The van der Waals surface area contributed by atoms with Crippen LogP contribution < -0.4 is 26.1 Å². The van der Waals surface area contributed by atoms with E-state index in [-0.39, 0.29) is 5.91 Å². The lowest BCUT2D eigenvalue weighted by molar-refractivity contribution is 0.102. The molecule has 1 aromatic carbocycles. The molecule has 0 aliphatic heterocycles. The van der Waals surface area contributed by atoms with Gasteiger partial charge in [0.1, 0.15) is 0 Å². The number of aromatic nitrogens is 1. The molecule has 1 heterocycles. The number of hydrogen-bond donors (Lipinski definition) is 3. The second kappa shape index (κ2) is 6.58. The Hall–Kier alpha value is -2.80. The number of hydrazine groups is 1. The van der Waals surface area contributed by atoms with Crippen molar-refractivity contribution >= 4 is 17.4 Å². The number of anilines is 2. The van der Waals surface area contributed by atoms with Crippen LogP contribution in [0.2, 0.25) is 0 Å². The van der Waals surface area contributed by atoms with E-state index in [9.17, 15) is 4.79 Å². The molecule has 2 rings (SSSR count). The maximum atomic E-state index is 12.2. The lowest BCUT2D eigenvalue weighted by Gasteiger charge is -2.11. The zero-order valence-corrected chi connectivity index (χ0v) is 11.7. The van der Waals surface area contributed by atoms with Gasteiger partial charge < -0.3 is 20.2 Å². The Bertz CT molecular complexity index is 646. The fourth-order valence-electron chi connectivity index (χ4n) is 1.82. The highest BCUT2D eigenvalue weighted by molar-refractivity contribution is 6.07. The van der Waals surface area contributed by atoms with Gasteiger partial charge in [-0.25, -0.2) is 10.8 Å². The fourth-order valence-corrected chi connectivity index (χ4v) is 1.82. The van der Waals surface area contributed by atoms with E-state index >= 15 is 0 Å². The first-order valence-electron chi connectivity index (χ1n) is 6.14. The van der Waals surface area contributed by atoms with Crippen molar-refractivity contribution in [3.05, 3.63) is 42.1 Å². The topological polar surface area (TPSA) is 98.5 Å². The molecule has 0 aliphatic carbocycles. The van der Waals surface area contributed by atoms with E-state index in [0.29, 0.717) is 28.6 Å². The van der Waals surface area contributed by atoms with Crippen molar-refractivity contribution in [3.8, 4) is 11.5 Å². The van der Waals surface area contributed by atoms with Gasteiger partial charge in [-0.15, -0.1) is 0 Å². The molecule has 21 heavy (non-hydrogen) atoms. The summed E-state index contributed by atoms with van der Waals surface area (Å²) in [5, 5.41) is 2.75. The summed E-state index contributed by atoms with van der Waals surface area (Å²) < 4.78 is 10.3. The van der Waals surface area contributed by atoms with E-state index in [4.69, 9.17) is 15.3 Å². The highest BCUT2D eigenvalue weighted by Crippen LogP contribution is 2.30. The summed E-state index contributed by atoms with van der Waals surface area (Å²) in [6.45, 7) is 0. The number of ether oxygens (including phenoxy) is 2. The molecule has 7 heteroatoms. The van der Waals surface area contributed by atoms with Crippen molar-refractivity contribution in [2.24, 2.45) is 5.84 Å². The number of nitrogen functional groups attached to an aromatic ring is 1. The largest absolute Gasteiger partial charge is 0.493 e. The zero-order valence-electron chi connectivity index (χ0n) is 11.7. The average Bonchev–Trinajstić information content (AvgIpc) is 2.54. The first-order chi connectivity index (χ1) is 10.2. The van der Waals surface area contributed by atoms with Crippen LogP contribution in [0.1, 0.15) is 10.4 Å². The van der Waals surface area contributed by atoms with Crippen molar-refractivity contribution < 1.29 is 14.3 Å². The van der Waals surface area contributed by atoms with Crippen LogP contribution in [-0.4, -0.2) is 25.1 Å². The third-order valence-corrected chi connectivity index (χ3v) is 2.83. The Kier molecular flexibility index (Phi) is 4.57. The number of rotatable bonds is 5. The molecule has 0 radical (unpaired) electrons. The molecule has 2 aromatic rings. The monoisotopic (exact) mass is 288 g/mol. The molecular formula is C14H16N4O3. The second-order valence-corrected chi connectivity index (χ2v) is 4.07. The van der Waals surface area contributed by atoms with Crippen LogP contribution in [0.25, 0.3) is 0 Å². The SMILES string of the molecule is COc1ccc(NC(=O)c2cccnc2NN)cc1OC. The van der Waals surface area contributed by atoms with Crippen molar-refractivity contribution in [1.29, 1.82) is 0 Å². The Morgan fingerprint density at radius 1 is 1.19 bits per heavy atom. The zero-order chi connectivity index (χ0) is 15.2. The minimum Gasteiger partial charge on any atom is -0.493 e. The highest BCUT2D eigenvalue weighted by atomic mass is 16.5. The van der Waals surface area contributed by atoms with Crippen LogP contribution in [0.15, 0.2) is 36.5 Å². The first kappa shape index (κ1) is 14.6. The lowest BCUT2D eigenvalue weighted by atomic mass is 10.2. The third-order valence-electron chi connectivity index (χ3n) is 2.83. The minimum absolute atomic E-state index is 0.301. The summed E-state index contributed by atoms with van der Waals surface area (Å²) in [5.74, 6) is 6.42. The van der Waals surface area contributed by atoms with Crippen molar-refractivity contribution in [3.63, 3.8) is 0 Å². The summed E-state index contributed by atoms with van der Waals surface area (Å²) in [4.78, 5) is 16.2. The van der Waals surface area contributed by atoms with Crippen LogP contribution in [0.4, 0.5) is 11.5 Å². The molecule has 0 spiro atoms. The van der Waals surface area contributed by atoms with Gasteiger partial charge in [0.2, 0.25) is 0 Å². The molecule has 0 saturated heterocycles. The molecular weight excluding hydrogens is 272 g/mol. The smallest absolute Gasteiger partial charge is 0.259 e. The number of carbonyl (C=O) groups excluding carboxylic acids is 1. The van der Waals surface area contributed by atoms with E-state index in [1.807, 2.05) is 0 Å². The predicted octanol–water partition coefficient (Wildman–Crippen LogP) is 1.64.